The van der Waals surface area contributed by atoms with Gasteiger partial charge in [-0.3, -0.25) is 4.79 Å². The summed E-state index contributed by atoms with van der Waals surface area (Å²) in [5.41, 5.74) is 2.47. The second kappa shape index (κ2) is 8.57. The largest absolute Gasteiger partial charge is 0.316 e. The summed E-state index contributed by atoms with van der Waals surface area (Å²) in [7, 11) is 0. The van der Waals surface area contributed by atoms with Crippen LogP contribution < -0.4 is 5.56 Å². The zero-order valence-electron chi connectivity index (χ0n) is 16.1. The van der Waals surface area contributed by atoms with Gasteiger partial charge in [-0.2, -0.15) is 9.78 Å². The van der Waals surface area contributed by atoms with Gasteiger partial charge in [-0.05, 0) is 48.9 Å². The predicted molar refractivity (Wildman–Crippen MR) is 121 cm³/mol. The molecular weight excluding hydrogens is 428 g/mol. The molecule has 0 spiro atoms. The van der Waals surface area contributed by atoms with E-state index in [1.54, 1.807) is 12.3 Å². The summed E-state index contributed by atoms with van der Waals surface area (Å²) in [5.74, 6) is 0.681. The van der Waals surface area contributed by atoms with Crippen LogP contribution in [-0.4, -0.2) is 20.4 Å². The molecule has 0 aliphatic rings. The van der Waals surface area contributed by atoms with E-state index in [0.29, 0.717) is 23.1 Å². The number of aromatic nitrogens is 3. The highest BCUT2D eigenvalue weighted by atomic mass is 79.9. The number of hydrogen-bond acceptors (Lipinski definition) is 3. The number of aryl methyl sites for hydroxylation is 1. The van der Waals surface area contributed by atoms with Gasteiger partial charge in [0.2, 0.25) is 0 Å². The number of para-hydroxylation sites is 1. The van der Waals surface area contributed by atoms with Crippen LogP contribution in [0.3, 0.4) is 0 Å². The summed E-state index contributed by atoms with van der Waals surface area (Å²) >= 11 is 3.44. The lowest BCUT2D eigenvalue weighted by molar-refractivity contribution is 0.674. The summed E-state index contributed by atoms with van der Waals surface area (Å²) in [5, 5.41) is 5.10. The fourth-order valence-electron chi connectivity index (χ4n) is 3.25. The highest BCUT2D eigenvalue weighted by Gasteiger charge is 2.11. The summed E-state index contributed by atoms with van der Waals surface area (Å²) in [6.45, 7) is 2.12. The van der Waals surface area contributed by atoms with E-state index in [4.69, 9.17) is 4.98 Å². The molecule has 29 heavy (non-hydrogen) atoms. The van der Waals surface area contributed by atoms with Crippen LogP contribution >= 0.6 is 15.9 Å². The molecule has 0 saturated heterocycles. The van der Waals surface area contributed by atoms with Crippen molar-refractivity contribution in [3.63, 3.8) is 0 Å². The molecule has 0 unspecified atom stereocenters. The third-order valence-corrected chi connectivity index (χ3v) is 5.24. The Hall–Kier alpha value is -2.99. The van der Waals surface area contributed by atoms with Crippen molar-refractivity contribution in [1.29, 1.82) is 0 Å². The minimum atomic E-state index is -0.156. The Kier molecular flexibility index (Phi) is 5.71. The van der Waals surface area contributed by atoms with Crippen LogP contribution in [0.2, 0.25) is 0 Å². The lowest BCUT2D eigenvalue weighted by Gasteiger charge is -2.10. The second-order valence-corrected chi connectivity index (χ2v) is 7.71. The number of rotatable bonds is 6. The van der Waals surface area contributed by atoms with Gasteiger partial charge in [0.25, 0.3) is 5.56 Å². The van der Waals surface area contributed by atoms with Gasteiger partial charge in [0.15, 0.2) is 0 Å². The molecule has 0 aliphatic heterocycles. The summed E-state index contributed by atoms with van der Waals surface area (Å²) in [6.07, 6.45) is 6.37. The van der Waals surface area contributed by atoms with Crippen LogP contribution in [0.1, 0.15) is 31.3 Å². The van der Waals surface area contributed by atoms with E-state index in [1.807, 2.05) is 65.4 Å². The van der Waals surface area contributed by atoms with Crippen LogP contribution in [0.5, 0.6) is 0 Å². The Balaban J connectivity index is 1.80. The molecule has 0 N–H and O–H groups in total. The topological polar surface area (TPSA) is 52.2 Å². The number of halogens is 1. The van der Waals surface area contributed by atoms with Gasteiger partial charge in [-0.1, -0.05) is 47.5 Å². The van der Waals surface area contributed by atoms with Gasteiger partial charge in [0.05, 0.1) is 22.8 Å². The molecule has 0 aliphatic carbocycles. The van der Waals surface area contributed by atoms with E-state index in [1.165, 1.54) is 4.68 Å². The highest BCUT2D eigenvalue weighted by Crippen LogP contribution is 2.17. The van der Waals surface area contributed by atoms with E-state index >= 15 is 0 Å². The molecule has 0 atom stereocenters. The van der Waals surface area contributed by atoms with Crippen molar-refractivity contribution in [3.8, 4) is 5.69 Å². The predicted octanol–water partition coefficient (Wildman–Crippen LogP) is 5.17. The molecule has 5 nitrogen and oxygen atoms in total. The first-order chi connectivity index (χ1) is 14.2. The van der Waals surface area contributed by atoms with Crippen molar-refractivity contribution in [2.24, 2.45) is 5.10 Å². The summed E-state index contributed by atoms with van der Waals surface area (Å²) in [6, 6.07) is 19.5. The highest BCUT2D eigenvalue weighted by molar-refractivity contribution is 9.10. The maximum Gasteiger partial charge on any atom is 0.282 e. The van der Waals surface area contributed by atoms with Crippen LogP contribution in [0.4, 0.5) is 0 Å². The Labute approximate surface area is 177 Å². The first-order valence-electron chi connectivity index (χ1n) is 9.65. The van der Waals surface area contributed by atoms with Crippen LogP contribution in [-0.2, 0) is 6.42 Å². The van der Waals surface area contributed by atoms with Gasteiger partial charge in [-0.15, -0.1) is 0 Å². The molecule has 4 aromatic rings. The van der Waals surface area contributed by atoms with Crippen LogP contribution in [0, 0.1) is 0 Å². The maximum absolute atomic E-state index is 13.2. The number of unbranched alkanes of at least 4 members (excludes halogenated alkanes) is 1. The zero-order chi connectivity index (χ0) is 20.2. The monoisotopic (exact) mass is 448 g/mol. The molecule has 0 fully saturated rings. The summed E-state index contributed by atoms with van der Waals surface area (Å²) in [4.78, 5) is 17.9. The maximum atomic E-state index is 13.2. The Morgan fingerprint density at radius 2 is 1.93 bits per heavy atom. The van der Waals surface area contributed by atoms with Gasteiger partial charge >= 0.3 is 0 Å². The lowest BCUT2D eigenvalue weighted by Crippen LogP contribution is -2.22. The van der Waals surface area contributed by atoms with Crippen molar-refractivity contribution in [3.05, 3.63) is 93.2 Å². The molecule has 0 radical (unpaired) electrons. The second-order valence-electron chi connectivity index (χ2n) is 6.79. The third kappa shape index (κ3) is 4.07. The minimum Gasteiger partial charge on any atom is -0.316 e. The number of benzene rings is 2. The van der Waals surface area contributed by atoms with Gasteiger partial charge < -0.3 is 4.57 Å². The number of hydrogen-bond donors (Lipinski definition) is 0. The fraction of sp³-hybridized carbons (Fsp3) is 0.174. The van der Waals surface area contributed by atoms with Crippen LogP contribution in [0.15, 0.2) is 81.2 Å². The molecule has 2 aromatic heterocycles. The molecule has 2 aromatic carbocycles. The molecule has 0 amide bonds. The van der Waals surface area contributed by atoms with Gasteiger partial charge in [-0.25, -0.2) is 4.98 Å². The Bertz CT molecular complexity index is 1220. The zero-order valence-corrected chi connectivity index (χ0v) is 17.7. The van der Waals surface area contributed by atoms with E-state index in [0.717, 1.165) is 28.7 Å². The van der Waals surface area contributed by atoms with E-state index in [9.17, 15) is 4.79 Å². The smallest absolute Gasteiger partial charge is 0.282 e. The molecule has 0 saturated carbocycles. The average molecular weight is 449 g/mol. The lowest BCUT2D eigenvalue weighted by atomic mass is 10.2. The van der Waals surface area contributed by atoms with E-state index in [2.05, 4.69) is 28.0 Å². The fourth-order valence-corrected chi connectivity index (χ4v) is 3.61. The van der Waals surface area contributed by atoms with Crippen molar-refractivity contribution in [2.45, 2.75) is 26.2 Å². The van der Waals surface area contributed by atoms with Crippen molar-refractivity contribution in [2.75, 3.05) is 0 Å². The molecule has 146 valence electrons. The average Bonchev–Trinajstić information content (AvgIpc) is 3.21. The van der Waals surface area contributed by atoms with Crippen molar-refractivity contribution in [1.82, 2.24) is 14.2 Å². The molecular formula is C23H21BrN4O. The Morgan fingerprint density at radius 1 is 1.10 bits per heavy atom. The Morgan fingerprint density at radius 3 is 2.72 bits per heavy atom. The molecule has 2 heterocycles. The number of fused-ring (bicyclic) bond motifs is 1. The normalized spacial score (nSPS) is 11.5. The van der Waals surface area contributed by atoms with E-state index in [-0.39, 0.29) is 5.56 Å². The number of nitrogens with zero attached hydrogens (tertiary/aromatic N) is 4. The first kappa shape index (κ1) is 19.3. The SMILES string of the molecule is CCCCc1nc2ccc(Br)cc2c(=O)n1N=Cc1cccn1-c1ccccc1. The first-order valence-corrected chi connectivity index (χ1v) is 10.4. The van der Waals surface area contributed by atoms with Crippen LogP contribution in [0.25, 0.3) is 16.6 Å². The standard InChI is InChI=1S/C23H21BrN4O/c1-2-3-11-22-26-21-13-12-17(24)15-20(21)23(29)28(22)25-16-19-10-7-14-27(19)18-8-5-4-6-9-18/h4-10,12-16H,2-3,11H2,1H3. The van der Waals surface area contributed by atoms with Gasteiger partial charge in [0.1, 0.15) is 5.82 Å². The minimum absolute atomic E-state index is 0.156. The third-order valence-electron chi connectivity index (χ3n) is 4.75. The van der Waals surface area contributed by atoms with Gasteiger partial charge in [0, 0.05) is 22.8 Å². The molecule has 0 bridgehead atoms. The molecule has 6 heteroatoms. The van der Waals surface area contributed by atoms with Crippen molar-refractivity contribution >= 4 is 33.0 Å². The summed E-state index contributed by atoms with van der Waals surface area (Å²) < 4.78 is 4.32. The molecule has 4 rings (SSSR count). The quantitative estimate of drug-likeness (QED) is 0.381. The van der Waals surface area contributed by atoms with Crippen molar-refractivity contribution < 1.29 is 0 Å². The van der Waals surface area contributed by atoms with E-state index < -0.39 is 0 Å².